The number of hydrogen-bond acceptors (Lipinski definition) is 4. The van der Waals surface area contributed by atoms with E-state index < -0.39 is 5.60 Å². The van der Waals surface area contributed by atoms with E-state index in [0.29, 0.717) is 23.5 Å². The fraction of sp³-hybridized carbons (Fsp3) is 0.438. The Balaban J connectivity index is 1.85. The van der Waals surface area contributed by atoms with E-state index in [-0.39, 0.29) is 5.92 Å². The number of rotatable bonds is 2. The van der Waals surface area contributed by atoms with E-state index in [9.17, 15) is 9.90 Å². The maximum absolute atomic E-state index is 11.2. The molecule has 5 heteroatoms. The van der Waals surface area contributed by atoms with Gasteiger partial charge in [-0.3, -0.25) is 9.69 Å². The number of hydrogen-bond donors (Lipinski definition) is 1. The first-order valence-electron chi connectivity index (χ1n) is 7.23. The van der Waals surface area contributed by atoms with Gasteiger partial charge in [-0.1, -0.05) is 0 Å². The highest BCUT2D eigenvalue weighted by molar-refractivity contribution is 14.1. The minimum absolute atomic E-state index is 0.252. The van der Waals surface area contributed by atoms with E-state index in [1.165, 1.54) is 0 Å². The van der Waals surface area contributed by atoms with E-state index in [2.05, 4.69) is 27.5 Å². The lowest BCUT2D eigenvalue weighted by Crippen LogP contribution is -2.56. The topological polar surface area (TPSA) is 53.7 Å². The van der Waals surface area contributed by atoms with Gasteiger partial charge in [0.15, 0.2) is 6.29 Å². The van der Waals surface area contributed by atoms with Crippen LogP contribution in [0.15, 0.2) is 22.6 Å². The smallest absolute Gasteiger partial charge is 0.153 e. The van der Waals surface area contributed by atoms with Gasteiger partial charge < -0.3 is 9.52 Å². The molecule has 4 heterocycles. The van der Waals surface area contributed by atoms with Crippen molar-refractivity contribution in [1.29, 1.82) is 0 Å². The van der Waals surface area contributed by atoms with Crippen LogP contribution >= 0.6 is 22.6 Å². The molecule has 3 fully saturated rings. The van der Waals surface area contributed by atoms with Crippen molar-refractivity contribution in [2.75, 3.05) is 19.6 Å². The zero-order valence-corrected chi connectivity index (χ0v) is 13.7. The van der Waals surface area contributed by atoms with Crippen LogP contribution in [0.2, 0.25) is 0 Å². The van der Waals surface area contributed by atoms with Crippen molar-refractivity contribution in [1.82, 2.24) is 4.90 Å². The van der Waals surface area contributed by atoms with Crippen LogP contribution in [0.5, 0.6) is 0 Å². The van der Waals surface area contributed by atoms with Crippen LogP contribution < -0.4 is 0 Å². The number of carbonyl (C=O) groups is 1. The molecule has 1 unspecified atom stereocenters. The maximum atomic E-state index is 11.2. The Morgan fingerprint density at radius 2 is 2.10 bits per heavy atom. The summed E-state index contributed by atoms with van der Waals surface area (Å²) in [5, 5.41) is 12.0. The number of nitrogens with zero attached hydrogens (tertiary/aromatic N) is 1. The standard InChI is InChI=1S/C16H16INO3/c17-13-5-10-7-14(21-15(10)11(6-13)8-19)16(20)9-18-3-1-12(16)2-4-18/h5-8,12,20H,1-4,9H2. The summed E-state index contributed by atoms with van der Waals surface area (Å²) in [6, 6.07) is 5.71. The molecule has 0 saturated carbocycles. The molecule has 4 nitrogen and oxygen atoms in total. The SMILES string of the molecule is O=Cc1cc(I)cc2cc(C3(O)CN4CCC3CC4)oc12. The molecular weight excluding hydrogens is 381 g/mol. The molecule has 21 heavy (non-hydrogen) atoms. The number of furan rings is 1. The zero-order valence-electron chi connectivity index (χ0n) is 11.5. The fourth-order valence-electron chi connectivity index (χ4n) is 3.76. The summed E-state index contributed by atoms with van der Waals surface area (Å²) in [6.07, 6.45) is 2.83. The molecule has 2 bridgehead atoms. The average Bonchev–Trinajstić information content (AvgIpc) is 2.92. The van der Waals surface area contributed by atoms with Gasteiger partial charge in [0.05, 0.1) is 5.56 Å². The first kappa shape index (κ1) is 13.7. The molecule has 1 aromatic carbocycles. The van der Waals surface area contributed by atoms with Crippen molar-refractivity contribution in [3.05, 3.63) is 33.1 Å². The minimum Gasteiger partial charge on any atom is -0.457 e. The Morgan fingerprint density at radius 1 is 1.33 bits per heavy atom. The van der Waals surface area contributed by atoms with Gasteiger partial charge >= 0.3 is 0 Å². The highest BCUT2D eigenvalue weighted by Crippen LogP contribution is 2.44. The van der Waals surface area contributed by atoms with Crippen LogP contribution in [0, 0.1) is 9.49 Å². The van der Waals surface area contributed by atoms with Crippen LogP contribution in [-0.2, 0) is 5.60 Å². The van der Waals surface area contributed by atoms with Crippen LogP contribution in [0.4, 0.5) is 0 Å². The molecule has 110 valence electrons. The molecule has 5 rings (SSSR count). The van der Waals surface area contributed by atoms with Gasteiger partial charge in [-0.2, -0.15) is 0 Å². The average molecular weight is 397 g/mol. The molecule has 1 N–H and O–H groups in total. The third-order valence-electron chi connectivity index (χ3n) is 4.89. The Morgan fingerprint density at radius 3 is 2.71 bits per heavy atom. The molecule has 3 aliphatic rings. The van der Waals surface area contributed by atoms with Crippen LogP contribution in [0.1, 0.15) is 29.0 Å². The monoisotopic (exact) mass is 397 g/mol. The summed E-state index contributed by atoms with van der Waals surface area (Å²) in [4.78, 5) is 13.5. The molecular formula is C16H16INO3. The predicted octanol–water partition coefficient (Wildman–Crippen LogP) is 2.76. The lowest BCUT2D eigenvalue weighted by Gasteiger charge is -2.49. The number of benzene rings is 1. The van der Waals surface area contributed by atoms with Crippen molar-refractivity contribution in [2.24, 2.45) is 5.92 Å². The molecule has 3 aliphatic heterocycles. The van der Waals surface area contributed by atoms with Crippen LogP contribution in [0.3, 0.4) is 0 Å². The van der Waals surface area contributed by atoms with Crippen molar-refractivity contribution >= 4 is 39.8 Å². The van der Waals surface area contributed by atoms with Gasteiger partial charge in [0, 0.05) is 15.5 Å². The summed E-state index contributed by atoms with van der Waals surface area (Å²) < 4.78 is 6.92. The lowest BCUT2D eigenvalue weighted by molar-refractivity contribution is -0.128. The summed E-state index contributed by atoms with van der Waals surface area (Å²) in [5.41, 5.74) is 0.222. The predicted molar refractivity (Wildman–Crippen MR) is 87.4 cm³/mol. The highest BCUT2D eigenvalue weighted by atomic mass is 127. The van der Waals surface area contributed by atoms with Gasteiger partial charge in [-0.25, -0.2) is 0 Å². The summed E-state index contributed by atoms with van der Waals surface area (Å²) in [7, 11) is 0. The summed E-state index contributed by atoms with van der Waals surface area (Å²) >= 11 is 2.19. The second-order valence-corrected chi connectivity index (χ2v) is 7.36. The van der Waals surface area contributed by atoms with Gasteiger partial charge in [0.25, 0.3) is 0 Å². The fourth-order valence-corrected chi connectivity index (χ4v) is 4.43. The molecule has 0 amide bonds. The molecule has 1 aromatic heterocycles. The van der Waals surface area contributed by atoms with E-state index in [4.69, 9.17) is 4.42 Å². The first-order valence-corrected chi connectivity index (χ1v) is 8.31. The Hall–Kier alpha value is -0.920. The first-order chi connectivity index (χ1) is 10.1. The highest BCUT2D eigenvalue weighted by Gasteiger charge is 2.48. The van der Waals surface area contributed by atoms with Crippen LogP contribution in [-0.4, -0.2) is 35.9 Å². The molecule has 0 aliphatic carbocycles. The third kappa shape index (κ3) is 2.05. The van der Waals surface area contributed by atoms with Crippen molar-refractivity contribution in [2.45, 2.75) is 18.4 Å². The zero-order chi connectivity index (χ0) is 14.6. The van der Waals surface area contributed by atoms with E-state index >= 15 is 0 Å². The number of carbonyl (C=O) groups excluding carboxylic acids is 1. The molecule has 2 aromatic rings. The van der Waals surface area contributed by atoms with Gasteiger partial charge in [-0.05, 0) is 72.6 Å². The minimum atomic E-state index is -0.916. The van der Waals surface area contributed by atoms with Crippen LogP contribution in [0.25, 0.3) is 11.0 Å². The molecule has 1 atom stereocenters. The Labute approximate surface area is 136 Å². The van der Waals surface area contributed by atoms with Gasteiger partial charge in [0.2, 0.25) is 0 Å². The van der Waals surface area contributed by atoms with E-state index in [1.54, 1.807) is 0 Å². The summed E-state index contributed by atoms with van der Waals surface area (Å²) in [5.74, 6) is 0.860. The van der Waals surface area contributed by atoms with Crippen molar-refractivity contribution < 1.29 is 14.3 Å². The number of fused-ring (bicyclic) bond motifs is 4. The number of aldehydes is 1. The van der Waals surface area contributed by atoms with Gasteiger partial charge in [0.1, 0.15) is 16.9 Å². The third-order valence-corrected chi connectivity index (χ3v) is 5.51. The second-order valence-electron chi connectivity index (χ2n) is 6.12. The van der Waals surface area contributed by atoms with Gasteiger partial charge in [-0.15, -0.1) is 0 Å². The maximum Gasteiger partial charge on any atom is 0.153 e. The quantitative estimate of drug-likeness (QED) is 0.626. The lowest BCUT2D eigenvalue weighted by atomic mass is 9.74. The molecule has 0 spiro atoms. The van der Waals surface area contributed by atoms with Crippen molar-refractivity contribution in [3.8, 4) is 0 Å². The Kier molecular flexibility index (Phi) is 3.13. The summed E-state index contributed by atoms with van der Waals surface area (Å²) in [6.45, 7) is 2.75. The normalized spacial score (nSPS) is 31.7. The second kappa shape index (κ2) is 4.79. The number of aliphatic hydroxyl groups is 1. The number of halogens is 1. The molecule has 3 saturated heterocycles. The van der Waals surface area contributed by atoms with E-state index in [1.807, 2.05) is 18.2 Å². The van der Waals surface area contributed by atoms with E-state index in [0.717, 1.165) is 41.2 Å². The Bertz CT molecular complexity index is 718. The van der Waals surface area contributed by atoms with Crippen molar-refractivity contribution in [3.63, 3.8) is 0 Å². The molecule has 0 radical (unpaired) electrons. The number of piperidine rings is 3. The largest absolute Gasteiger partial charge is 0.457 e.